The molecule has 0 spiro atoms. The number of nitrogens with one attached hydrogen (secondary N) is 1. The molecule has 2 aromatic rings. The van der Waals surface area contributed by atoms with Gasteiger partial charge in [0, 0.05) is 36.9 Å². The molecule has 6 nitrogen and oxygen atoms in total. The summed E-state index contributed by atoms with van der Waals surface area (Å²) < 4.78 is 25.3. The summed E-state index contributed by atoms with van der Waals surface area (Å²) in [5.41, 5.74) is 3.29. The summed E-state index contributed by atoms with van der Waals surface area (Å²) in [5.74, 6) is -0.315. The summed E-state index contributed by atoms with van der Waals surface area (Å²) in [6.45, 7) is 2.19. The van der Waals surface area contributed by atoms with Crippen molar-refractivity contribution in [2.24, 2.45) is 0 Å². The molecule has 29 heavy (non-hydrogen) atoms. The Hall–Kier alpha value is -2.09. The molecule has 0 radical (unpaired) electrons. The summed E-state index contributed by atoms with van der Waals surface area (Å²) in [5, 5.41) is 3.31. The quantitative estimate of drug-likeness (QED) is 0.615. The molecule has 8 heteroatoms. The lowest BCUT2D eigenvalue weighted by Crippen LogP contribution is -2.40. The van der Waals surface area contributed by atoms with Crippen molar-refractivity contribution < 1.29 is 13.2 Å². The number of hydrogen-bond acceptors (Lipinski definition) is 4. The molecule has 156 valence electrons. The lowest BCUT2D eigenvalue weighted by Gasteiger charge is -2.21. The number of para-hydroxylation sites is 1. The molecule has 0 saturated heterocycles. The predicted molar refractivity (Wildman–Crippen MR) is 117 cm³/mol. The number of halogens is 1. The first-order valence-corrected chi connectivity index (χ1v) is 11.9. The van der Waals surface area contributed by atoms with E-state index in [1.54, 1.807) is 24.3 Å². The zero-order chi connectivity index (χ0) is 20.9. The van der Waals surface area contributed by atoms with Gasteiger partial charge in [0.15, 0.2) is 0 Å². The Morgan fingerprint density at radius 1 is 1.17 bits per heavy atom. The number of hydrogen-bond donors (Lipinski definition) is 1. The molecule has 1 aliphatic heterocycles. The van der Waals surface area contributed by atoms with E-state index < -0.39 is 10.0 Å². The SMILES string of the molecule is CS(=O)(=O)N(CC(=O)NCCCN1CCc2ccccc21)Cc1ccccc1Cl. The van der Waals surface area contributed by atoms with Crippen molar-refractivity contribution in [1.82, 2.24) is 9.62 Å². The second kappa shape index (κ2) is 9.61. The Morgan fingerprint density at radius 3 is 2.66 bits per heavy atom. The monoisotopic (exact) mass is 435 g/mol. The van der Waals surface area contributed by atoms with E-state index in [4.69, 9.17) is 11.6 Å². The van der Waals surface area contributed by atoms with Gasteiger partial charge in [-0.05, 0) is 36.1 Å². The molecule has 3 rings (SSSR count). The Morgan fingerprint density at radius 2 is 1.90 bits per heavy atom. The third-order valence-corrected chi connectivity index (χ3v) is 6.57. The van der Waals surface area contributed by atoms with E-state index in [2.05, 4.69) is 28.4 Å². The molecular weight excluding hydrogens is 410 g/mol. The van der Waals surface area contributed by atoms with Gasteiger partial charge in [0.05, 0.1) is 12.8 Å². The van der Waals surface area contributed by atoms with Crippen molar-refractivity contribution in [3.05, 3.63) is 64.7 Å². The van der Waals surface area contributed by atoms with Crippen LogP contribution in [0, 0.1) is 0 Å². The van der Waals surface area contributed by atoms with Crippen molar-refractivity contribution in [3.8, 4) is 0 Å². The van der Waals surface area contributed by atoms with Gasteiger partial charge in [-0.2, -0.15) is 4.31 Å². The maximum absolute atomic E-state index is 12.3. The average molecular weight is 436 g/mol. The second-order valence-electron chi connectivity index (χ2n) is 7.19. The maximum atomic E-state index is 12.3. The summed E-state index contributed by atoms with van der Waals surface area (Å²) in [6, 6.07) is 15.4. The fraction of sp³-hybridized carbons (Fsp3) is 0.381. The van der Waals surface area contributed by atoms with E-state index in [0.717, 1.165) is 36.5 Å². The van der Waals surface area contributed by atoms with Crippen LogP contribution in [0.15, 0.2) is 48.5 Å². The van der Waals surface area contributed by atoms with Gasteiger partial charge < -0.3 is 10.2 Å². The number of nitrogens with zero attached hydrogens (tertiary/aromatic N) is 2. The van der Waals surface area contributed by atoms with Crippen molar-refractivity contribution in [2.75, 3.05) is 37.3 Å². The molecule has 1 N–H and O–H groups in total. The molecule has 2 aromatic carbocycles. The van der Waals surface area contributed by atoms with Gasteiger partial charge in [-0.15, -0.1) is 0 Å². The highest BCUT2D eigenvalue weighted by atomic mass is 35.5. The summed E-state index contributed by atoms with van der Waals surface area (Å²) in [7, 11) is -3.55. The molecule has 0 fully saturated rings. The van der Waals surface area contributed by atoms with Crippen LogP contribution in [0.1, 0.15) is 17.5 Å². The van der Waals surface area contributed by atoms with Crippen molar-refractivity contribution in [2.45, 2.75) is 19.4 Å². The smallest absolute Gasteiger partial charge is 0.235 e. The number of sulfonamides is 1. The number of amides is 1. The highest BCUT2D eigenvalue weighted by Gasteiger charge is 2.22. The standard InChI is InChI=1S/C21H26ClN3O3S/c1-29(27,28)25(15-18-8-2-4-9-19(18)22)16-21(26)23-12-6-13-24-14-11-17-7-3-5-10-20(17)24/h2-5,7-10H,6,11-16H2,1H3,(H,23,26). The van der Waals surface area contributed by atoms with Crippen LogP contribution >= 0.6 is 11.6 Å². The minimum absolute atomic E-state index is 0.0660. The van der Waals surface area contributed by atoms with Gasteiger partial charge in [0.1, 0.15) is 0 Å². The lowest BCUT2D eigenvalue weighted by atomic mass is 10.2. The van der Waals surface area contributed by atoms with E-state index in [1.807, 2.05) is 6.07 Å². The van der Waals surface area contributed by atoms with Crippen LogP contribution in [0.25, 0.3) is 0 Å². The van der Waals surface area contributed by atoms with Crippen LogP contribution in [-0.2, 0) is 27.8 Å². The molecule has 1 heterocycles. The Kier molecular flexibility index (Phi) is 7.16. The average Bonchev–Trinajstić information content (AvgIpc) is 3.09. The Labute approximate surface area is 177 Å². The minimum atomic E-state index is -3.55. The molecule has 1 aliphatic rings. The zero-order valence-electron chi connectivity index (χ0n) is 16.5. The van der Waals surface area contributed by atoms with Gasteiger partial charge in [-0.3, -0.25) is 4.79 Å². The van der Waals surface area contributed by atoms with Crippen LogP contribution in [0.5, 0.6) is 0 Å². The molecule has 0 saturated carbocycles. The highest BCUT2D eigenvalue weighted by Crippen LogP contribution is 2.27. The second-order valence-corrected chi connectivity index (χ2v) is 9.58. The fourth-order valence-corrected chi connectivity index (χ4v) is 4.38. The van der Waals surface area contributed by atoms with Crippen LogP contribution in [0.4, 0.5) is 5.69 Å². The highest BCUT2D eigenvalue weighted by molar-refractivity contribution is 7.88. The topological polar surface area (TPSA) is 69.7 Å². The largest absolute Gasteiger partial charge is 0.371 e. The first-order valence-electron chi connectivity index (χ1n) is 9.62. The van der Waals surface area contributed by atoms with E-state index in [1.165, 1.54) is 11.3 Å². The molecule has 0 atom stereocenters. The molecule has 0 aromatic heterocycles. The summed E-state index contributed by atoms with van der Waals surface area (Å²) >= 11 is 6.13. The van der Waals surface area contributed by atoms with E-state index in [9.17, 15) is 13.2 Å². The fourth-order valence-electron chi connectivity index (χ4n) is 3.46. The minimum Gasteiger partial charge on any atom is -0.371 e. The first-order chi connectivity index (χ1) is 13.8. The molecule has 0 unspecified atom stereocenters. The summed E-state index contributed by atoms with van der Waals surface area (Å²) in [6.07, 6.45) is 2.94. The number of fused-ring (bicyclic) bond motifs is 1. The third-order valence-electron chi connectivity index (χ3n) is 5.00. The van der Waals surface area contributed by atoms with E-state index >= 15 is 0 Å². The third kappa shape index (κ3) is 5.95. The van der Waals surface area contributed by atoms with Crippen LogP contribution in [0.3, 0.4) is 0 Å². The molecule has 0 bridgehead atoms. The van der Waals surface area contributed by atoms with Gasteiger partial charge in [-0.25, -0.2) is 8.42 Å². The number of benzene rings is 2. The van der Waals surface area contributed by atoms with Crippen molar-refractivity contribution in [1.29, 1.82) is 0 Å². The Bertz CT molecular complexity index is 965. The molecule has 1 amide bonds. The Balaban J connectivity index is 1.47. The van der Waals surface area contributed by atoms with Gasteiger partial charge in [-0.1, -0.05) is 48.0 Å². The summed E-state index contributed by atoms with van der Waals surface area (Å²) in [4.78, 5) is 14.6. The van der Waals surface area contributed by atoms with Crippen molar-refractivity contribution >= 4 is 33.2 Å². The zero-order valence-corrected chi connectivity index (χ0v) is 18.0. The van der Waals surface area contributed by atoms with Crippen LogP contribution in [0.2, 0.25) is 5.02 Å². The first kappa shape index (κ1) is 21.6. The van der Waals surface area contributed by atoms with Gasteiger partial charge in [0.25, 0.3) is 0 Å². The number of rotatable bonds is 9. The van der Waals surface area contributed by atoms with E-state index in [-0.39, 0.29) is 19.0 Å². The predicted octanol–water partition coefficient (Wildman–Crippen LogP) is 2.67. The van der Waals surface area contributed by atoms with Crippen LogP contribution < -0.4 is 10.2 Å². The van der Waals surface area contributed by atoms with Gasteiger partial charge >= 0.3 is 0 Å². The van der Waals surface area contributed by atoms with Crippen molar-refractivity contribution in [3.63, 3.8) is 0 Å². The number of carbonyl (C=O) groups excluding carboxylic acids is 1. The number of anilines is 1. The molecule has 0 aliphatic carbocycles. The normalized spacial score (nSPS) is 13.6. The maximum Gasteiger partial charge on any atom is 0.235 e. The number of carbonyl (C=O) groups is 1. The lowest BCUT2D eigenvalue weighted by molar-refractivity contribution is -0.121. The van der Waals surface area contributed by atoms with E-state index in [0.29, 0.717) is 17.1 Å². The van der Waals surface area contributed by atoms with Gasteiger partial charge in [0.2, 0.25) is 15.9 Å². The molecular formula is C21H26ClN3O3S. The van der Waals surface area contributed by atoms with Crippen LogP contribution in [-0.4, -0.2) is 51.1 Å².